The first kappa shape index (κ1) is 18.3. The molecule has 2 heterocycles. The van der Waals surface area contributed by atoms with Gasteiger partial charge in [-0.25, -0.2) is 4.79 Å². The number of fused-ring (bicyclic) bond motifs is 1. The largest absolute Gasteiger partial charge is 0.371 e. The fourth-order valence-corrected chi connectivity index (χ4v) is 3.95. The summed E-state index contributed by atoms with van der Waals surface area (Å²) in [6.45, 7) is 3.34. The van der Waals surface area contributed by atoms with Crippen LogP contribution in [-0.2, 0) is 6.42 Å². The molecule has 3 amide bonds. The SMILES string of the molecule is CN1CCc2ccc(NC(=O)NCC3CCN(c4ccccc4)C3)cc2C1=O. The average Bonchev–Trinajstić information content (AvgIpc) is 3.19. The van der Waals surface area contributed by atoms with Crippen LogP contribution in [0.5, 0.6) is 0 Å². The molecule has 2 aliphatic heterocycles. The molecule has 0 spiro atoms. The van der Waals surface area contributed by atoms with Crippen LogP contribution in [0.25, 0.3) is 0 Å². The van der Waals surface area contributed by atoms with Crippen LogP contribution in [0.2, 0.25) is 0 Å². The molecule has 1 saturated heterocycles. The third kappa shape index (κ3) is 3.96. The van der Waals surface area contributed by atoms with Crippen molar-refractivity contribution in [3.8, 4) is 0 Å². The number of para-hydroxylation sites is 1. The molecule has 2 N–H and O–H groups in total. The fraction of sp³-hybridized carbons (Fsp3) is 0.364. The first-order valence-corrected chi connectivity index (χ1v) is 9.83. The van der Waals surface area contributed by atoms with Crippen molar-refractivity contribution in [2.75, 3.05) is 43.4 Å². The molecule has 4 rings (SSSR count). The number of hydrogen-bond acceptors (Lipinski definition) is 3. The second kappa shape index (κ2) is 7.92. The van der Waals surface area contributed by atoms with Crippen LogP contribution in [0, 0.1) is 5.92 Å². The Labute approximate surface area is 165 Å². The molecule has 6 heteroatoms. The van der Waals surface area contributed by atoms with Crippen LogP contribution >= 0.6 is 0 Å². The Hall–Kier alpha value is -3.02. The highest BCUT2D eigenvalue weighted by Gasteiger charge is 2.24. The Bertz CT molecular complexity index is 868. The van der Waals surface area contributed by atoms with Gasteiger partial charge < -0.3 is 20.4 Å². The van der Waals surface area contributed by atoms with Gasteiger partial charge in [0, 0.05) is 50.2 Å². The lowest BCUT2D eigenvalue weighted by Crippen LogP contribution is -2.35. The van der Waals surface area contributed by atoms with E-state index in [9.17, 15) is 9.59 Å². The Balaban J connectivity index is 1.29. The summed E-state index contributed by atoms with van der Waals surface area (Å²) >= 11 is 0. The molecule has 1 atom stereocenters. The molecule has 0 aromatic heterocycles. The number of hydrogen-bond donors (Lipinski definition) is 2. The molecule has 146 valence electrons. The molecule has 28 heavy (non-hydrogen) atoms. The van der Waals surface area contributed by atoms with E-state index in [1.807, 2.05) is 18.2 Å². The lowest BCUT2D eigenvalue weighted by molar-refractivity contribution is 0.0781. The van der Waals surface area contributed by atoms with E-state index in [0.717, 1.165) is 38.0 Å². The number of nitrogens with one attached hydrogen (secondary N) is 2. The summed E-state index contributed by atoms with van der Waals surface area (Å²) in [6, 6.07) is 15.7. The van der Waals surface area contributed by atoms with Crippen LogP contribution in [0.15, 0.2) is 48.5 Å². The molecule has 0 radical (unpaired) electrons. The van der Waals surface area contributed by atoms with E-state index in [2.05, 4.69) is 39.8 Å². The molecule has 1 fully saturated rings. The van der Waals surface area contributed by atoms with E-state index < -0.39 is 0 Å². The molecule has 1 unspecified atom stereocenters. The normalized spacial score (nSPS) is 18.8. The van der Waals surface area contributed by atoms with Crippen molar-refractivity contribution in [1.29, 1.82) is 0 Å². The molecule has 0 aliphatic carbocycles. The topological polar surface area (TPSA) is 64.7 Å². The summed E-state index contributed by atoms with van der Waals surface area (Å²) in [6.07, 6.45) is 1.92. The molecule has 0 bridgehead atoms. The summed E-state index contributed by atoms with van der Waals surface area (Å²) in [7, 11) is 1.80. The van der Waals surface area contributed by atoms with Crippen molar-refractivity contribution in [3.05, 3.63) is 59.7 Å². The summed E-state index contributed by atoms with van der Waals surface area (Å²) in [4.78, 5) is 28.7. The Kier molecular flexibility index (Phi) is 5.19. The van der Waals surface area contributed by atoms with Crippen molar-refractivity contribution in [3.63, 3.8) is 0 Å². The zero-order valence-electron chi connectivity index (χ0n) is 16.1. The van der Waals surface area contributed by atoms with Gasteiger partial charge in [-0.05, 0) is 48.6 Å². The standard InChI is InChI=1S/C22H26N4O2/c1-25-11-10-17-7-8-18(13-20(17)21(25)27)24-22(28)23-14-16-9-12-26(15-16)19-5-3-2-4-6-19/h2-8,13,16H,9-12,14-15H2,1H3,(H2,23,24,28). The molecule has 0 saturated carbocycles. The highest BCUT2D eigenvalue weighted by Crippen LogP contribution is 2.24. The summed E-state index contributed by atoms with van der Waals surface area (Å²) in [5, 5.41) is 5.83. The van der Waals surface area contributed by atoms with Gasteiger partial charge in [0.2, 0.25) is 0 Å². The summed E-state index contributed by atoms with van der Waals surface area (Å²) in [5.41, 5.74) is 3.61. The van der Waals surface area contributed by atoms with Crippen molar-refractivity contribution in [1.82, 2.24) is 10.2 Å². The fourth-order valence-electron chi connectivity index (χ4n) is 3.95. The van der Waals surface area contributed by atoms with Crippen LogP contribution in [0.4, 0.5) is 16.2 Å². The molecule has 6 nitrogen and oxygen atoms in total. The molecular formula is C22H26N4O2. The Morgan fingerprint density at radius 3 is 2.79 bits per heavy atom. The van der Waals surface area contributed by atoms with Gasteiger partial charge >= 0.3 is 6.03 Å². The van der Waals surface area contributed by atoms with E-state index in [1.165, 1.54) is 5.69 Å². The van der Waals surface area contributed by atoms with E-state index in [4.69, 9.17) is 0 Å². The minimum Gasteiger partial charge on any atom is -0.371 e. The number of likely N-dealkylation sites (N-methyl/N-ethyl adjacent to an activating group) is 1. The maximum atomic E-state index is 12.3. The number of carbonyl (C=O) groups excluding carboxylic acids is 2. The van der Waals surface area contributed by atoms with Crippen molar-refractivity contribution in [2.24, 2.45) is 5.92 Å². The highest BCUT2D eigenvalue weighted by molar-refractivity contribution is 5.99. The smallest absolute Gasteiger partial charge is 0.319 e. The van der Waals surface area contributed by atoms with E-state index in [1.54, 1.807) is 18.0 Å². The maximum absolute atomic E-state index is 12.3. The number of urea groups is 1. The third-order valence-electron chi connectivity index (χ3n) is 5.62. The van der Waals surface area contributed by atoms with Crippen LogP contribution in [-0.4, -0.2) is 50.1 Å². The van der Waals surface area contributed by atoms with E-state index in [-0.39, 0.29) is 11.9 Å². The van der Waals surface area contributed by atoms with E-state index >= 15 is 0 Å². The quantitative estimate of drug-likeness (QED) is 0.860. The van der Waals surface area contributed by atoms with Gasteiger partial charge in [-0.1, -0.05) is 24.3 Å². The summed E-state index contributed by atoms with van der Waals surface area (Å²) < 4.78 is 0. The van der Waals surface area contributed by atoms with Gasteiger partial charge in [0.15, 0.2) is 0 Å². The first-order valence-electron chi connectivity index (χ1n) is 9.83. The second-order valence-electron chi connectivity index (χ2n) is 7.62. The molecule has 2 aromatic rings. The second-order valence-corrected chi connectivity index (χ2v) is 7.62. The van der Waals surface area contributed by atoms with Crippen LogP contribution in [0.1, 0.15) is 22.3 Å². The monoisotopic (exact) mass is 378 g/mol. The lowest BCUT2D eigenvalue weighted by atomic mass is 9.99. The van der Waals surface area contributed by atoms with Crippen LogP contribution < -0.4 is 15.5 Å². The predicted octanol–water partition coefficient (Wildman–Crippen LogP) is 2.96. The van der Waals surface area contributed by atoms with Crippen molar-refractivity contribution in [2.45, 2.75) is 12.8 Å². The van der Waals surface area contributed by atoms with Gasteiger partial charge in [-0.2, -0.15) is 0 Å². The van der Waals surface area contributed by atoms with Crippen LogP contribution in [0.3, 0.4) is 0 Å². The van der Waals surface area contributed by atoms with E-state index in [0.29, 0.717) is 23.7 Å². The minimum atomic E-state index is -0.227. The maximum Gasteiger partial charge on any atom is 0.319 e. The number of amides is 3. The van der Waals surface area contributed by atoms with Crippen molar-refractivity contribution < 1.29 is 9.59 Å². The Morgan fingerprint density at radius 2 is 1.96 bits per heavy atom. The van der Waals surface area contributed by atoms with Gasteiger partial charge in [-0.3, -0.25) is 4.79 Å². The zero-order valence-corrected chi connectivity index (χ0v) is 16.1. The average molecular weight is 378 g/mol. The minimum absolute atomic E-state index is 0.0114. The number of nitrogens with zero attached hydrogens (tertiary/aromatic N) is 2. The molecule has 2 aromatic carbocycles. The first-order chi connectivity index (χ1) is 13.6. The Morgan fingerprint density at radius 1 is 1.14 bits per heavy atom. The lowest BCUT2D eigenvalue weighted by Gasteiger charge is -2.25. The number of benzene rings is 2. The van der Waals surface area contributed by atoms with Gasteiger partial charge in [0.25, 0.3) is 5.91 Å². The number of carbonyl (C=O) groups is 2. The van der Waals surface area contributed by atoms with Gasteiger partial charge in [0.05, 0.1) is 0 Å². The highest BCUT2D eigenvalue weighted by atomic mass is 16.2. The zero-order chi connectivity index (χ0) is 19.5. The summed E-state index contributed by atoms with van der Waals surface area (Å²) in [5.74, 6) is 0.446. The third-order valence-corrected chi connectivity index (χ3v) is 5.62. The molecular weight excluding hydrogens is 352 g/mol. The predicted molar refractivity (Wildman–Crippen MR) is 111 cm³/mol. The number of anilines is 2. The van der Waals surface area contributed by atoms with Gasteiger partial charge in [-0.15, -0.1) is 0 Å². The van der Waals surface area contributed by atoms with Crippen molar-refractivity contribution >= 4 is 23.3 Å². The van der Waals surface area contributed by atoms with Gasteiger partial charge in [0.1, 0.15) is 0 Å². The number of rotatable bonds is 4. The molecule has 2 aliphatic rings.